The van der Waals surface area contributed by atoms with Crippen molar-refractivity contribution in [1.82, 2.24) is 5.32 Å². The van der Waals surface area contributed by atoms with E-state index >= 15 is 0 Å². The summed E-state index contributed by atoms with van der Waals surface area (Å²) >= 11 is 0. The molecule has 7 nitrogen and oxygen atoms in total. The third-order valence-corrected chi connectivity index (χ3v) is 6.32. The minimum atomic E-state index is -0.978. The fraction of sp³-hybridized carbons (Fsp3) is 0.440. The van der Waals surface area contributed by atoms with Crippen LogP contribution in [-0.2, 0) is 14.3 Å². The number of aliphatic hydroxyl groups is 1. The van der Waals surface area contributed by atoms with Crippen LogP contribution >= 0.6 is 0 Å². The summed E-state index contributed by atoms with van der Waals surface area (Å²) in [4.78, 5) is 23.8. The topological polar surface area (TPSA) is 105 Å². The molecular formula is C25H29NO6. The van der Waals surface area contributed by atoms with Crippen molar-refractivity contribution in [3.8, 4) is 11.1 Å². The van der Waals surface area contributed by atoms with Crippen molar-refractivity contribution in [3.05, 3.63) is 59.7 Å². The second-order valence-corrected chi connectivity index (χ2v) is 8.87. The van der Waals surface area contributed by atoms with Crippen LogP contribution in [0.3, 0.4) is 0 Å². The van der Waals surface area contributed by atoms with Gasteiger partial charge in [0.25, 0.3) is 0 Å². The van der Waals surface area contributed by atoms with Crippen molar-refractivity contribution in [2.24, 2.45) is 5.92 Å². The van der Waals surface area contributed by atoms with E-state index in [1.807, 2.05) is 50.2 Å². The summed E-state index contributed by atoms with van der Waals surface area (Å²) in [6.07, 6.45) is -2.69. The van der Waals surface area contributed by atoms with Crippen molar-refractivity contribution in [2.45, 2.75) is 57.0 Å². The zero-order valence-electron chi connectivity index (χ0n) is 18.2. The number of aliphatic hydroxyl groups excluding tert-OH is 1. The Balaban J connectivity index is 1.43. The largest absolute Gasteiger partial charge is 0.481 e. The van der Waals surface area contributed by atoms with Crippen molar-refractivity contribution >= 4 is 12.1 Å². The maximum absolute atomic E-state index is 12.6. The molecule has 0 saturated carbocycles. The molecule has 0 unspecified atom stereocenters. The molecule has 2 aromatic carbocycles. The number of fused-ring (bicyclic) bond motifs is 3. The summed E-state index contributed by atoms with van der Waals surface area (Å²) in [6.45, 7) is 3.95. The Kier molecular flexibility index (Phi) is 6.48. The first-order valence-corrected chi connectivity index (χ1v) is 11.0. The highest BCUT2D eigenvalue weighted by Gasteiger charge is 2.41. The van der Waals surface area contributed by atoms with Crippen molar-refractivity contribution in [1.29, 1.82) is 0 Å². The first-order valence-electron chi connectivity index (χ1n) is 11.0. The van der Waals surface area contributed by atoms with Crippen molar-refractivity contribution in [3.63, 3.8) is 0 Å². The van der Waals surface area contributed by atoms with E-state index in [0.717, 1.165) is 22.3 Å². The molecule has 1 heterocycles. The van der Waals surface area contributed by atoms with E-state index in [-0.39, 0.29) is 31.3 Å². The first kappa shape index (κ1) is 22.3. The molecule has 4 rings (SSSR count). The van der Waals surface area contributed by atoms with Gasteiger partial charge in [-0.3, -0.25) is 4.79 Å². The third-order valence-electron chi connectivity index (χ3n) is 6.32. The highest BCUT2D eigenvalue weighted by atomic mass is 16.6. The van der Waals surface area contributed by atoms with Gasteiger partial charge in [-0.05, 0) is 34.6 Å². The molecule has 0 aromatic heterocycles. The molecule has 0 bridgehead atoms. The molecule has 4 atom stereocenters. The quantitative estimate of drug-likeness (QED) is 0.636. The van der Waals surface area contributed by atoms with Crippen LogP contribution in [-0.4, -0.2) is 53.2 Å². The summed E-state index contributed by atoms with van der Waals surface area (Å²) in [5.74, 6) is -1.07. The Morgan fingerprint density at radius 1 is 1.09 bits per heavy atom. The van der Waals surface area contributed by atoms with E-state index in [1.165, 1.54) is 0 Å². The lowest BCUT2D eigenvalue weighted by atomic mass is 9.88. The molecule has 1 aliphatic carbocycles. The van der Waals surface area contributed by atoms with Crippen LogP contribution in [0.4, 0.5) is 4.79 Å². The maximum atomic E-state index is 12.6. The number of aliphatic carboxylic acids is 1. The van der Waals surface area contributed by atoms with Crippen molar-refractivity contribution < 1.29 is 29.3 Å². The number of rotatable bonds is 6. The minimum absolute atomic E-state index is 0.0339. The lowest BCUT2D eigenvalue weighted by molar-refractivity contribution is -0.162. The average molecular weight is 440 g/mol. The van der Waals surface area contributed by atoms with Gasteiger partial charge in [-0.25, -0.2) is 4.79 Å². The minimum Gasteiger partial charge on any atom is -0.481 e. The number of nitrogens with one attached hydrogen (secondary N) is 1. The predicted molar refractivity (Wildman–Crippen MR) is 118 cm³/mol. The fourth-order valence-corrected chi connectivity index (χ4v) is 4.82. The Bertz CT molecular complexity index is 944. The van der Waals surface area contributed by atoms with Crippen LogP contribution < -0.4 is 5.32 Å². The van der Waals surface area contributed by atoms with Crippen LogP contribution in [0.15, 0.2) is 48.5 Å². The predicted octanol–water partition coefficient (Wildman–Crippen LogP) is 3.54. The molecule has 1 fully saturated rings. The molecular weight excluding hydrogens is 410 g/mol. The number of carboxylic acid groups (broad SMARTS) is 1. The molecule has 2 aliphatic rings. The Morgan fingerprint density at radius 3 is 2.25 bits per heavy atom. The van der Waals surface area contributed by atoms with Crippen LogP contribution in [0.2, 0.25) is 0 Å². The summed E-state index contributed by atoms with van der Waals surface area (Å²) in [5.41, 5.74) is 4.53. The molecule has 32 heavy (non-hydrogen) atoms. The molecule has 1 saturated heterocycles. The number of hydrogen-bond donors (Lipinski definition) is 3. The van der Waals surface area contributed by atoms with Gasteiger partial charge < -0.3 is 25.0 Å². The van der Waals surface area contributed by atoms with Gasteiger partial charge in [0.15, 0.2) is 0 Å². The summed E-state index contributed by atoms with van der Waals surface area (Å²) in [7, 11) is 0. The van der Waals surface area contributed by atoms with Gasteiger partial charge in [-0.2, -0.15) is 0 Å². The molecule has 2 aromatic rings. The number of hydrogen-bond acceptors (Lipinski definition) is 5. The lowest BCUT2D eigenvalue weighted by Crippen LogP contribution is -2.57. The van der Waals surface area contributed by atoms with Gasteiger partial charge in [0.2, 0.25) is 0 Å². The normalized spacial score (nSPS) is 24.6. The number of amides is 1. The molecule has 170 valence electrons. The average Bonchev–Trinajstić information content (AvgIpc) is 3.07. The highest BCUT2D eigenvalue weighted by Crippen LogP contribution is 2.44. The van der Waals surface area contributed by atoms with Crippen LogP contribution in [0.5, 0.6) is 0 Å². The molecule has 1 aliphatic heterocycles. The number of carbonyl (C=O) groups is 2. The van der Waals surface area contributed by atoms with Crippen LogP contribution in [0, 0.1) is 5.92 Å². The summed E-state index contributed by atoms with van der Waals surface area (Å²) < 4.78 is 11.4. The molecule has 1 amide bonds. The summed E-state index contributed by atoms with van der Waals surface area (Å²) in [5, 5.41) is 22.6. The zero-order valence-corrected chi connectivity index (χ0v) is 18.2. The van der Waals surface area contributed by atoms with Gasteiger partial charge >= 0.3 is 12.1 Å². The second kappa shape index (κ2) is 9.30. The number of carboxylic acids is 1. The third kappa shape index (κ3) is 4.49. The second-order valence-electron chi connectivity index (χ2n) is 8.87. The monoisotopic (exact) mass is 439 g/mol. The van der Waals surface area contributed by atoms with E-state index in [9.17, 15) is 14.7 Å². The van der Waals surface area contributed by atoms with E-state index in [4.69, 9.17) is 14.6 Å². The van der Waals surface area contributed by atoms with Gasteiger partial charge in [0.05, 0.1) is 24.7 Å². The van der Waals surface area contributed by atoms with Gasteiger partial charge in [-0.15, -0.1) is 0 Å². The maximum Gasteiger partial charge on any atom is 0.407 e. The fourth-order valence-electron chi connectivity index (χ4n) is 4.82. The van der Waals surface area contributed by atoms with Gasteiger partial charge in [0.1, 0.15) is 12.7 Å². The number of carbonyl (C=O) groups excluding carboxylic acids is 1. The van der Waals surface area contributed by atoms with E-state index in [0.29, 0.717) is 0 Å². The van der Waals surface area contributed by atoms with E-state index in [2.05, 4.69) is 17.4 Å². The smallest absolute Gasteiger partial charge is 0.407 e. The Morgan fingerprint density at radius 2 is 1.69 bits per heavy atom. The molecule has 0 radical (unpaired) electrons. The first-order chi connectivity index (χ1) is 15.3. The number of benzene rings is 2. The number of alkyl carbamates (subject to hydrolysis) is 1. The van der Waals surface area contributed by atoms with E-state index < -0.39 is 36.4 Å². The van der Waals surface area contributed by atoms with Crippen LogP contribution in [0.1, 0.15) is 43.7 Å². The van der Waals surface area contributed by atoms with E-state index in [1.54, 1.807) is 0 Å². The molecule has 3 N–H and O–H groups in total. The zero-order chi connectivity index (χ0) is 22.8. The lowest BCUT2D eigenvalue weighted by Gasteiger charge is -2.41. The van der Waals surface area contributed by atoms with Crippen molar-refractivity contribution in [2.75, 3.05) is 6.61 Å². The number of ether oxygens (including phenoxy) is 2. The SMILES string of the molecule is CC(C)[C@@H]1O[C@H](CC(=O)O)C[C@H](NC(=O)OCC2c3ccccc3-c3ccccc32)[C@H]1O. The molecule has 7 heteroatoms. The summed E-state index contributed by atoms with van der Waals surface area (Å²) in [6, 6.07) is 15.5. The highest BCUT2D eigenvalue weighted by molar-refractivity contribution is 5.79. The van der Waals surface area contributed by atoms with Gasteiger partial charge in [-0.1, -0.05) is 62.4 Å². The van der Waals surface area contributed by atoms with Crippen LogP contribution in [0.25, 0.3) is 11.1 Å². The Labute approximate surface area is 187 Å². The molecule has 0 spiro atoms. The van der Waals surface area contributed by atoms with Gasteiger partial charge in [0, 0.05) is 5.92 Å². The Hall–Kier alpha value is -2.90. The standard InChI is InChI=1S/C25H29NO6/c1-14(2)24-23(29)21(11-15(32-24)12-22(27)28)26-25(30)31-13-20-18-9-5-3-7-16(18)17-8-4-6-10-19(17)20/h3-10,14-15,20-21,23-24,29H,11-13H2,1-2H3,(H,26,30)(H,27,28)/t15-,21-,23+,24-/m0/s1.